The van der Waals surface area contributed by atoms with Crippen molar-refractivity contribution in [1.29, 1.82) is 0 Å². The summed E-state index contributed by atoms with van der Waals surface area (Å²) in [4.78, 5) is 0. The Bertz CT molecular complexity index is 935. The molecule has 2 aromatic carbocycles. The Balaban J connectivity index is 1.93. The maximum absolute atomic E-state index is 14.0. The smallest absolute Gasteiger partial charge is 0.382 e. The Hall–Kier alpha value is -2.94. The summed E-state index contributed by atoms with van der Waals surface area (Å²) in [6.45, 7) is -1.84. The van der Waals surface area contributed by atoms with Crippen LogP contribution in [0, 0.1) is 11.6 Å². The molecule has 9 heteroatoms. The molecule has 0 saturated heterocycles. The van der Waals surface area contributed by atoms with E-state index in [-0.39, 0.29) is 11.4 Å². The average molecular weight is 383 g/mol. The van der Waals surface area contributed by atoms with Crippen molar-refractivity contribution in [1.82, 2.24) is 9.78 Å². The second-order valence-electron chi connectivity index (χ2n) is 5.80. The quantitative estimate of drug-likeness (QED) is 0.661. The fourth-order valence-corrected chi connectivity index (χ4v) is 2.55. The zero-order valence-electron chi connectivity index (χ0n) is 13.8. The minimum atomic E-state index is -4.47. The maximum Gasteiger partial charge on any atom is 0.411 e. The van der Waals surface area contributed by atoms with Gasteiger partial charge in [0.05, 0.1) is 18.0 Å². The van der Waals surface area contributed by atoms with Gasteiger partial charge in [0.15, 0.2) is 0 Å². The van der Waals surface area contributed by atoms with Crippen molar-refractivity contribution in [3.8, 4) is 16.9 Å². The van der Waals surface area contributed by atoms with Gasteiger partial charge in [-0.25, -0.2) is 13.5 Å². The number of nitrogen functional groups attached to an aromatic ring is 1. The second kappa shape index (κ2) is 7.36. The molecule has 0 bridgehead atoms. The summed E-state index contributed by atoms with van der Waals surface area (Å²) in [5.41, 5.74) is 7.19. The van der Waals surface area contributed by atoms with Gasteiger partial charge in [0.2, 0.25) is 0 Å². The normalized spacial score (nSPS) is 11.7. The molecular formula is C18H14F5N3O. The lowest BCUT2D eigenvalue weighted by Gasteiger charge is -2.11. The van der Waals surface area contributed by atoms with E-state index in [4.69, 9.17) is 5.73 Å². The predicted octanol–water partition coefficient (Wildman–Crippen LogP) is 4.48. The number of nitrogens with two attached hydrogens (primary N) is 1. The number of anilines is 1. The van der Waals surface area contributed by atoms with Gasteiger partial charge in [-0.15, -0.1) is 0 Å². The highest BCUT2D eigenvalue weighted by Crippen LogP contribution is 2.27. The van der Waals surface area contributed by atoms with Crippen LogP contribution in [0.1, 0.15) is 5.56 Å². The van der Waals surface area contributed by atoms with Crippen molar-refractivity contribution in [3.63, 3.8) is 0 Å². The van der Waals surface area contributed by atoms with E-state index < -0.39 is 31.0 Å². The summed E-state index contributed by atoms with van der Waals surface area (Å²) >= 11 is 0. The van der Waals surface area contributed by atoms with Crippen molar-refractivity contribution in [2.45, 2.75) is 12.8 Å². The van der Waals surface area contributed by atoms with Crippen LogP contribution in [-0.2, 0) is 11.3 Å². The molecule has 0 aliphatic rings. The summed E-state index contributed by atoms with van der Waals surface area (Å²) in [7, 11) is 0. The lowest BCUT2D eigenvalue weighted by atomic mass is 10.1. The number of alkyl halides is 3. The van der Waals surface area contributed by atoms with E-state index in [1.165, 1.54) is 47.1 Å². The summed E-state index contributed by atoms with van der Waals surface area (Å²) in [6, 6.07) is 10.7. The number of hydrogen-bond donors (Lipinski definition) is 1. The highest BCUT2D eigenvalue weighted by atomic mass is 19.4. The maximum atomic E-state index is 14.0. The summed E-state index contributed by atoms with van der Waals surface area (Å²) in [5, 5.41) is 4.11. The number of halogens is 5. The Kier molecular flexibility index (Phi) is 5.13. The van der Waals surface area contributed by atoms with E-state index in [0.29, 0.717) is 16.9 Å². The van der Waals surface area contributed by atoms with Crippen LogP contribution in [0.25, 0.3) is 16.9 Å². The average Bonchev–Trinajstić information content (AvgIpc) is 2.96. The molecule has 27 heavy (non-hydrogen) atoms. The van der Waals surface area contributed by atoms with Gasteiger partial charge in [-0.05, 0) is 48.0 Å². The summed E-state index contributed by atoms with van der Waals surface area (Å²) in [6.07, 6.45) is -4.47. The highest BCUT2D eigenvalue weighted by Gasteiger charge is 2.27. The molecule has 0 fully saturated rings. The first kappa shape index (κ1) is 18.8. The van der Waals surface area contributed by atoms with Gasteiger partial charge < -0.3 is 10.5 Å². The third kappa shape index (κ3) is 4.82. The van der Waals surface area contributed by atoms with Crippen LogP contribution in [-0.4, -0.2) is 22.6 Å². The minimum absolute atomic E-state index is 0.147. The molecule has 0 aliphatic heterocycles. The van der Waals surface area contributed by atoms with Crippen molar-refractivity contribution in [3.05, 3.63) is 65.7 Å². The van der Waals surface area contributed by atoms with Gasteiger partial charge in [0.1, 0.15) is 24.1 Å². The molecule has 3 aromatic rings. The SMILES string of the molecule is Nc1cc(-c2cc(F)cc(COCC(F)(F)F)c2)n(-c2ccc(F)cc2)n1. The highest BCUT2D eigenvalue weighted by molar-refractivity contribution is 5.66. The van der Waals surface area contributed by atoms with Gasteiger partial charge >= 0.3 is 6.18 Å². The number of ether oxygens (including phenoxy) is 1. The molecule has 4 nitrogen and oxygen atoms in total. The minimum Gasteiger partial charge on any atom is -0.382 e. The van der Waals surface area contributed by atoms with E-state index >= 15 is 0 Å². The molecule has 0 radical (unpaired) electrons. The summed E-state index contributed by atoms with van der Waals surface area (Å²) < 4.78 is 69.7. The van der Waals surface area contributed by atoms with E-state index in [1.54, 1.807) is 0 Å². The van der Waals surface area contributed by atoms with Gasteiger partial charge in [-0.2, -0.15) is 18.3 Å². The Morgan fingerprint density at radius 2 is 1.67 bits per heavy atom. The van der Waals surface area contributed by atoms with Gasteiger partial charge in [0.25, 0.3) is 0 Å². The number of aromatic nitrogens is 2. The van der Waals surface area contributed by atoms with E-state index in [1.807, 2.05) is 0 Å². The molecule has 2 N–H and O–H groups in total. The Labute approximate surface area is 151 Å². The molecule has 0 amide bonds. The standard InChI is InChI=1S/C18H14F5N3O/c19-13-1-3-15(4-2-13)26-16(8-17(24)25-26)12-5-11(6-14(20)7-12)9-27-10-18(21,22)23/h1-8H,9-10H2,(H2,24,25). The number of benzene rings is 2. The molecule has 1 aromatic heterocycles. The van der Waals surface area contributed by atoms with Crippen LogP contribution < -0.4 is 5.73 Å². The molecule has 1 heterocycles. The van der Waals surface area contributed by atoms with Crippen LogP contribution in [0.2, 0.25) is 0 Å². The first-order chi connectivity index (χ1) is 12.7. The Morgan fingerprint density at radius 3 is 2.33 bits per heavy atom. The molecule has 0 spiro atoms. The third-order valence-electron chi connectivity index (χ3n) is 3.59. The lowest BCUT2D eigenvalue weighted by molar-refractivity contribution is -0.176. The molecule has 3 rings (SSSR count). The van der Waals surface area contributed by atoms with Crippen LogP contribution >= 0.6 is 0 Å². The largest absolute Gasteiger partial charge is 0.411 e. The van der Waals surface area contributed by atoms with Crippen LogP contribution in [0.15, 0.2) is 48.5 Å². The fourth-order valence-electron chi connectivity index (χ4n) is 2.55. The van der Waals surface area contributed by atoms with Gasteiger partial charge in [-0.3, -0.25) is 0 Å². The van der Waals surface area contributed by atoms with E-state index in [0.717, 1.165) is 6.07 Å². The van der Waals surface area contributed by atoms with Crippen LogP contribution in [0.5, 0.6) is 0 Å². The third-order valence-corrected chi connectivity index (χ3v) is 3.59. The van der Waals surface area contributed by atoms with Crippen LogP contribution in [0.3, 0.4) is 0 Å². The molecule has 0 atom stereocenters. The topological polar surface area (TPSA) is 53.1 Å². The van der Waals surface area contributed by atoms with Crippen molar-refractivity contribution in [2.75, 3.05) is 12.3 Å². The molecule has 0 saturated carbocycles. The van der Waals surface area contributed by atoms with E-state index in [2.05, 4.69) is 9.84 Å². The van der Waals surface area contributed by atoms with Gasteiger partial charge in [0, 0.05) is 11.6 Å². The molecule has 0 aliphatic carbocycles. The molecular weight excluding hydrogens is 369 g/mol. The van der Waals surface area contributed by atoms with Gasteiger partial charge in [-0.1, -0.05) is 0 Å². The van der Waals surface area contributed by atoms with Crippen molar-refractivity contribution >= 4 is 5.82 Å². The monoisotopic (exact) mass is 383 g/mol. The molecule has 0 unspecified atom stereocenters. The zero-order valence-corrected chi connectivity index (χ0v) is 13.8. The number of rotatable bonds is 5. The second-order valence-corrected chi connectivity index (χ2v) is 5.80. The molecule has 142 valence electrons. The first-order valence-corrected chi connectivity index (χ1v) is 7.77. The van der Waals surface area contributed by atoms with Crippen LogP contribution in [0.4, 0.5) is 27.8 Å². The Morgan fingerprint density at radius 1 is 0.963 bits per heavy atom. The number of hydrogen-bond acceptors (Lipinski definition) is 3. The lowest BCUT2D eigenvalue weighted by Crippen LogP contribution is -2.16. The number of nitrogens with zero attached hydrogens (tertiary/aromatic N) is 2. The van der Waals surface area contributed by atoms with Crippen molar-refractivity contribution in [2.24, 2.45) is 0 Å². The predicted molar refractivity (Wildman–Crippen MR) is 89.0 cm³/mol. The fraction of sp³-hybridized carbons (Fsp3) is 0.167. The first-order valence-electron chi connectivity index (χ1n) is 7.77. The summed E-state index contributed by atoms with van der Waals surface area (Å²) in [5.74, 6) is -0.938. The van der Waals surface area contributed by atoms with E-state index in [9.17, 15) is 22.0 Å². The zero-order chi connectivity index (χ0) is 19.6. The van der Waals surface area contributed by atoms with Crippen molar-refractivity contribution < 1.29 is 26.7 Å².